The quantitative estimate of drug-likeness (QED) is 0.110. The molecule has 0 aliphatic rings. The van der Waals surface area contributed by atoms with Gasteiger partial charge in [0.15, 0.2) is 0 Å². The van der Waals surface area contributed by atoms with Gasteiger partial charge in [-0.25, -0.2) is 4.79 Å². The number of amides is 3. The third kappa shape index (κ3) is 8.97. The Morgan fingerprint density at radius 3 is 2.10 bits per heavy atom. The van der Waals surface area contributed by atoms with Crippen LogP contribution in [-0.2, 0) is 36.8 Å². The number of fused-ring (bicyclic) bond motifs is 1. The Balaban J connectivity index is 1.65. The van der Waals surface area contributed by atoms with Gasteiger partial charge < -0.3 is 42.0 Å². The number of carbonyl (C=O) groups is 5. The van der Waals surface area contributed by atoms with Crippen LogP contribution in [0, 0.1) is 0 Å². The molecule has 14 heteroatoms. The first-order valence-corrected chi connectivity index (χ1v) is 13.7. The Morgan fingerprint density at radius 2 is 1.45 bits per heavy atom. The molecule has 1 heterocycles. The van der Waals surface area contributed by atoms with Crippen molar-refractivity contribution in [1.29, 1.82) is 0 Å². The SMILES string of the molecule is NC(Cc1c[nH]c2ccccc12)C(=O)NC(CS)C(=O)NC(CCC(=O)O)C(=O)NC(Cc1ccc(O)cc1)C(=O)O. The molecule has 0 aliphatic heterocycles. The second-order valence-electron chi connectivity index (χ2n) is 9.68. The topological polar surface area (TPSA) is 224 Å². The van der Waals surface area contributed by atoms with Gasteiger partial charge >= 0.3 is 11.9 Å². The molecule has 4 atom stereocenters. The highest BCUT2D eigenvalue weighted by molar-refractivity contribution is 7.80. The monoisotopic (exact) mass is 599 g/mol. The van der Waals surface area contributed by atoms with E-state index in [0.29, 0.717) is 5.56 Å². The van der Waals surface area contributed by atoms with Crippen LogP contribution in [0.4, 0.5) is 0 Å². The van der Waals surface area contributed by atoms with E-state index in [1.165, 1.54) is 24.3 Å². The van der Waals surface area contributed by atoms with Crippen LogP contribution in [0.3, 0.4) is 0 Å². The van der Waals surface area contributed by atoms with Crippen LogP contribution in [0.5, 0.6) is 5.75 Å². The third-order valence-electron chi connectivity index (χ3n) is 6.54. The fraction of sp³-hybridized carbons (Fsp3) is 0.321. The van der Waals surface area contributed by atoms with Gasteiger partial charge in [0.25, 0.3) is 0 Å². The maximum atomic E-state index is 13.0. The van der Waals surface area contributed by atoms with Crippen molar-refractivity contribution >= 4 is 53.2 Å². The highest BCUT2D eigenvalue weighted by atomic mass is 32.1. The molecule has 0 aliphatic carbocycles. The average Bonchev–Trinajstić information content (AvgIpc) is 3.36. The molecule has 0 radical (unpaired) electrons. The van der Waals surface area contributed by atoms with Crippen molar-refractivity contribution in [3.05, 3.63) is 65.9 Å². The Hall–Kier alpha value is -4.56. The van der Waals surface area contributed by atoms with Crippen molar-refractivity contribution in [3.63, 3.8) is 0 Å². The summed E-state index contributed by atoms with van der Waals surface area (Å²) in [6, 6.07) is 8.14. The van der Waals surface area contributed by atoms with Crippen LogP contribution in [0.1, 0.15) is 24.0 Å². The van der Waals surface area contributed by atoms with E-state index >= 15 is 0 Å². The molecule has 0 bridgehead atoms. The van der Waals surface area contributed by atoms with Crippen molar-refractivity contribution < 1.29 is 39.3 Å². The zero-order chi connectivity index (χ0) is 30.8. The standard InChI is InChI=1S/C28H33N5O8S/c29-19(12-16-13-30-20-4-2-1-3-18(16)20)25(37)33-23(14-42)27(39)31-21(9-10-24(35)36)26(38)32-22(28(40)41)11-15-5-7-17(34)8-6-15/h1-8,13,19,21-23,30,34,42H,9-12,14,29H2,(H,31,39)(H,32,38)(H,33,37)(H,35,36)(H,40,41). The molecule has 13 nitrogen and oxygen atoms in total. The molecule has 224 valence electrons. The molecule has 42 heavy (non-hydrogen) atoms. The number of aliphatic carboxylic acids is 2. The van der Waals surface area contributed by atoms with Crippen LogP contribution >= 0.6 is 12.6 Å². The van der Waals surface area contributed by atoms with Crippen LogP contribution in [0.2, 0.25) is 0 Å². The molecular weight excluding hydrogens is 566 g/mol. The molecule has 3 aromatic rings. The molecule has 1 aromatic heterocycles. The number of benzene rings is 2. The summed E-state index contributed by atoms with van der Waals surface area (Å²) < 4.78 is 0. The fourth-order valence-corrected chi connectivity index (χ4v) is 4.51. The van der Waals surface area contributed by atoms with Crippen LogP contribution in [0.25, 0.3) is 10.9 Å². The summed E-state index contributed by atoms with van der Waals surface area (Å²) >= 11 is 4.13. The highest BCUT2D eigenvalue weighted by Crippen LogP contribution is 2.19. The number of hydrogen-bond acceptors (Lipinski definition) is 8. The van der Waals surface area contributed by atoms with Gasteiger partial charge in [0, 0.05) is 35.7 Å². The van der Waals surface area contributed by atoms with Gasteiger partial charge in [-0.1, -0.05) is 30.3 Å². The van der Waals surface area contributed by atoms with Crippen LogP contribution in [-0.4, -0.2) is 79.9 Å². The fourth-order valence-electron chi connectivity index (χ4n) is 4.25. The first-order valence-electron chi connectivity index (χ1n) is 13.0. The number of carbonyl (C=O) groups excluding carboxylic acids is 3. The number of phenols is 1. The van der Waals surface area contributed by atoms with E-state index in [0.717, 1.165) is 16.5 Å². The molecule has 3 amide bonds. The highest BCUT2D eigenvalue weighted by Gasteiger charge is 2.30. The molecule has 0 fully saturated rings. The van der Waals surface area contributed by atoms with Gasteiger partial charge in [-0.2, -0.15) is 12.6 Å². The van der Waals surface area contributed by atoms with Gasteiger partial charge in [0.05, 0.1) is 6.04 Å². The van der Waals surface area contributed by atoms with E-state index in [1.807, 2.05) is 24.3 Å². The minimum absolute atomic E-state index is 0.0177. The summed E-state index contributed by atoms with van der Waals surface area (Å²) in [5.74, 6) is -5.16. The Morgan fingerprint density at radius 1 is 0.833 bits per heavy atom. The number of nitrogens with two attached hydrogens (primary N) is 1. The maximum absolute atomic E-state index is 13.0. The lowest BCUT2D eigenvalue weighted by molar-refractivity contribution is -0.143. The number of hydrogen-bond donors (Lipinski definition) is 9. The Bertz CT molecular complexity index is 1430. The number of carboxylic acids is 2. The second-order valence-corrected chi connectivity index (χ2v) is 10.0. The predicted octanol–water partition coefficient (Wildman–Crippen LogP) is 0.320. The summed E-state index contributed by atoms with van der Waals surface area (Å²) in [5, 5.41) is 36.3. The molecule has 0 saturated carbocycles. The summed E-state index contributed by atoms with van der Waals surface area (Å²) in [4.78, 5) is 65.0. The number of H-pyrrole nitrogens is 1. The molecular formula is C28H33N5O8S. The minimum atomic E-state index is -1.42. The lowest BCUT2D eigenvalue weighted by Crippen LogP contribution is -2.58. The van der Waals surface area contributed by atoms with Crippen LogP contribution < -0.4 is 21.7 Å². The second kappa shape index (κ2) is 14.9. The van der Waals surface area contributed by atoms with Gasteiger partial charge in [0.1, 0.15) is 23.9 Å². The van der Waals surface area contributed by atoms with Crippen LogP contribution in [0.15, 0.2) is 54.7 Å². The first-order chi connectivity index (χ1) is 20.0. The smallest absolute Gasteiger partial charge is 0.326 e. The van der Waals surface area contributed by atoms with Crippen molar-refractivity contribution in [2.75, 3.05) is 5.75 Å². The van der Waals surface area contributed by atoms with Gasteiger partial charge in [0.2, 0.25) is 17.7 Å². The zero-order valence-electron chi connectivity index (χ0n) is 22.4. The largest absolute Gasteiger partial charge is 0.508 e. The van der Waals surface area contributed by atoms with E-state index in [9.17, 15) is 34.2 Å². The molecule has 3 rings (SSSR count). The number of aromatic amines is 1. The number of nitrogens with one attached hydrogen (secondary N) is 4. The van der Waals surface area contributed by atoms with E-state index in [2.05, 4.69) is 33.6 Å². The first kappa shape index (κ1) is 32.0. The van der Waals surface area contributed by atoms with E-state index in [1.54, 1.807) is 6.20 Å². The van der Waals surface area contributed by atoms with E-state index < -0.39 is 60.2 Å². The van der Waals surface area contributed by atoms with Crippen molar-refractivity contribution in [2.24, 2.45) is 5.73 Å². The number of carboxylic acid groups (broad SMARTS) is 2. The average molecular weight is 600 g/mol. The number of thiol groups is 1. The lowest BCUT2D eigenvalue weighted by atomic mass is 10.0. The van der Waals surface area contributed by atoms with Gasteiger partial charge in [-0.3, -0.25) is 19.2 Å². The summed E-state index contributed by atoms with van der Waals surface area (Å²) in [6.07, 6.45) is 0.953. The molecule has 0 saturated heterocycles. The van der Waals surface area contributed by atoms with Gasteiger partial charge in [-0.15, -0.1) is 0 Å². The molecule has 4 unspecified atom stereocenters. The summed E-state index contributed by atoms with van der Waals surface area (Å²) in [7, 11) is 0. The number of aromatic nitrogens is 1. The number of para-hydroxylation sites is 1. The molecule has 0 spiro atoms. The van der Waals surface area contributed by atoms with Crippen molar-refractivity contribution in [2.45, 2.75) is 49.9 Å². The maximum Gasteiger partial charge on any atom is 0.326 e. The predicted molar refractivity (Wildman–Crippen MR) is 156 cm³/mol. The van der Waals surface area contributed by atoms with Gasteiger partial charge in [-0.05, 0) is 42.2 Å². The Labute approximate surface area is 246 Å². The minimum Gasteiger partial charge on any atom is -0.508 e. The Kier molecular flexibility index (Phi) is 11.3. The van der Waals surface area contributed by atoms with E-state index in [4.69, 9.17) is 10.8 Å². The normalized spacial score (nSPS) is 13.9. The lowest BCUT2D eigenvalue weighted by Gasteiger charge is -2.24. The molecule has 9 N–H and O–H groups in total. The third-order valence-corrected chi connectivity index (χ3v) is 6.90. The van der Waals surface area contributed by atoms with Crippen molar-refractivity contribution in [3.8, 4) is 5.75 Å². The molecule has 2 aromatic carbocycles. The summed E-state index contributed by atoms with van der Waals surface area (Å²) in [5.41, 5.74) is 8.31. The number of aromatic hydroxyl groups is 1. The number of rotatable bonds is 15. The van der Waals surface area contributed by atoms with E-state index in [-0.39, 0.29) is 30.8 Å². The zero-order valence-corrected chi connectivity index (χ0v) is 23.3. The number of phenolic OH excluding ortho intramolecular Hbond substituents is 1. The summed E-state index contributed by atoms with van der Waals surface area (Å²) in [6.45, 7) is 0. The van der Waals surface area contributed by atoms with Crippen molar-refractivity contribution in [1.82, 2.24) is 20.9 Å².